The van der Waals surface area contributed by atoms with Crippen LogP contribution in [0.25, 0.3) is 10.9 Å². The first-order chi connectivity index (χ1) is 11.6. The Morgan fingerprint density at radius 2 is 2.08 bits per heavy atom. The summed E-state index contributed by atoms with van der Waals surface area (Å²) in [5, 5.41) is 3.04. The van der Waals surface area contributed by atoms with E-state index < -0.39 is 11.7 Å². The molecule has 24 heavy (non-hydrogen) atoms. The number of carbonyl (C=O) groups excluding carboxylic acids is 1. The molecule has 7 heteroatoms. The highest BCUT2D eigenvalue weighted by atomic mass is 19.1. The van der Waals surface area contributed by atoms with Crippen molar-refractivity contribution >= 4 is 16.8 Å². The SMILES string of the molecule is COc1cc(CNC(=O)c2nc3ccccc3c(=O)[nH]2)ccc1F. The van der Waals surface area contributed by atoms with E-state index in [1.54, 1.807) is 24.3 Å². The van der Waals surface area contributed by atoms with Crippen LogP contribution in [-0.4, -0.2) is 23.0 Å². The zero-order chi connectivity index (χ0) is 17.1. The zero-order valence-corrected chi connectivity index (χ0v) is 12.8. The van der Waals surface area contributed by atoms with E-state index in [0.717, 1.165) is 0 Å². The number of ether oxygens (including phenoxy) is 1. The lowest BCUT2D eigenvalue weighted by Crippen LogP contribution is -2.27. The summed E-state index contributed by atoms with van der Waals surface area (Å²) in [5.74, 6) is -0.985. The first-order valence-corrected chi connectivity index (χ1v) is 7.18. The third-order valence-corrected chi connectivity index (χ3v) is 3.50. The van der Waals surface area contributed by atoms with Gasteiger partial charge in [0, 0.05) is 6.54 Å². The van der Waals surface area contributed by atoms with E-state index >= 15 is 0 Å². The molecule has 0 atom stereocenters. The van der Waals surface area contributed by atoms with Crippen LogP contribution in [0.15, 0.2) is 47.3 Å². The van der Waals surface area contributed by atoms with Crippen LogP contribution >= 0.6 is 0 Å². The smallest absolute Gasteiger partial charge is 0.287 e. The molecular weight excluding hydrogens is 313 g/mol. The van der Waals surface area contributed by atoms with Gasteiger partial charge in [-0.3, -0.25) is 9.59 Å². The Balaban J connectivity index is 1.79. The Kier molecular flexibility index (Phi) is 4.24. The van der Waals surface area contributed by atoms with E-state index in [2.05, 4.69) is 15.3 Å². The van der Waals surface area contributed by atoms with E-state index in [9.17, 15) is 14.0 Å². The van der Waals surface area contributed by atoms with Gasteiger partial charge in [-0.15, -0.1) is 0 Å². The topological polar surface area (TPSA) is 84.1 Å². The molecule has 0 aliphatic heterocycles. The number of nitrogens with one attached hydrogen (secondary N) is 2. The van der Waals surface area contributed by atoms with Crippen molar-refractivity contribution in [1.29, 1.82) is 0 Å². The molecule has 3 rings (SSSR count). The summed E-state index contributed by atoms with van der Waals surface area (Å²) in [5.41, 5.74) is 0.716. The first-order valence-electron chi connectivity index (χ1n) is 7.18. The van der Waals surface area contributed by atoms with Crippen molar-refractivity contribution in [3.8, 4) is 5.75 Å². The van der Waals surface area contributed by atoms with Crippen molar-refractivity contribution in [2.75, 3.05) is 7.11 Å². The second-order valence-electron chi connectivity index (χ2n) is 5.08. The molecule has 0 bridgehead atoms. The minimum Gasteiger partial charge on any atom is -0.494 e. The van der Waals surface area contributed by atoms with Crippen LogP contribution < -0.4 is 15.6 Å². The van der Waals surface area contributed by atoms with Crippen molar-refractivity contribution in [2.24, 2.45) is 0 Å². The van der Waals surface area contributed by atoms with Gasteiger partial charge in [-0.1, -0.05) is 18.2 Å². The number of benzene rings is 2. The predicted molar refractivity (Wildman–Crippen MR) is 86.5 cm³/mol. The number of hydrogen-bond acceptors (Lipinski definition) is 4. The maximum Gasteiger partial charge on any atom is 0.287 e. The summed E-state index contributed by atoms with van der Waals surface area (Å²) >= 11 is 0. The van der Waals surface area contributed by atoms with Crippen LogP contribution in [0.1, 0.15) is 16.2 Å². The predicted octanol–water partition coefficient (Wildman–Crippen LogP) is 2.00. The number of hydrogen-bond donors (Lipinski definition) is 2. The maximum absolute atomic E-state index is 13.4. The summed E-state index contributed by atoms with van der Waals surface area (Å²) < 4.78 is 18.3. The number of fused-ring (bicyclic) bond motifs is 1. The first kappa shape index (κ1) is 15.7. The summed E-state index contributed by atoms with van der Waals surface area (Å²) in [4.78, 5) is 30.8. The quantitative estimate of drug-likeness (QED) is 0.768. The fourth-order valence-electron chi connectivity index (χ4n) is 2.27. The van der Waals surface area contributed by atoms with Crippen LogP contribution in [0, 0.1) is 5.82 Å². The molecule has 1 heterocycles. The van der Waals surface area contributed by atoms with Gasteiger partial charge < -0.3 is 15.0 Å². The molecule has 1 amide bonds. The fraction of sp³-hybridized carbons (Fsp3) is 0.118. The van der Waals surface area contributed by atoms with Crippen LogP contribution in [0.3, 0.4) is 0 Å². The van der Waals surface area contributed by atoms with Gasteiger partial charge in [0.2, 0.25) is 0 Å². The molecule has 6 nitrogen and oxygen atoms in total. The lowest BCUT2D eigenvalue weighted by molar-refractivity contribution is 0.0940. The van der Waals surface area contributed by atoms with Crippen LogP contribution in [0.4, 0.5) is 4.39 Å². The number of nitrogens with zero attached hydrogens (tertiary/aromatic N) is 1. The number of carbonyl (C=O) groups is 1. The van der Waals surface area contributed by atoms with Gasteiger partial charge in [0.25, 0.3) is 11.5 Å². The normalized spacial score (nSPS) is 10.6. The lowest BCUT2D eigenvalue weighted by atomic mass is 10.2. The van der Waals surface area contributed by atoms with E-state index in [-0.39, 0.29) is 23.7 Å². The van der Waals surface area contributed by atoms with Crippen molar-refractivity contribution in [2.45, 2.75) is 6.54 Å². The summed E-state index contributed by atoms with van der Waals surface area (Å²) in [6.45, 7) is 0.145. The number of methoxy groups -OCH3 is 1. The third kappa shape index (κ3) is 3.10. The average molecular weight is 327 g/mol. The lowest BCUT2D eigenvalue weighted by Gasteiger charge is -2.08. The molecule has 0 saturated heterocycles. The Bertz CT molecular complexity index is 969. The van der Waals surface area contributed by atoms with Crippen molar-refractivity contribution in [3.63, 3.8) is 0 Å². The number of aromatic amines is 1. The molecule has 3 aromatic rings. The number of aromatic nitrogens is 2. The Labute approximate surface area is 136 Å². The van der Waals surface area contributed by atoms with E-state index in [0.29, 0.717) is 16.5 Å². The molecule has 2 aromatic carbocycles. The minimum atomic E-state index is -0.527. The highest BCUT2D eigenvalue weighted by Gasteiger charge is 2.11. The summed E-state index contributed by atoms with van der Waals surface area (Å²) in [7, 11) is 1.37. The largest absolute Gasteiger partial charge is 0.494 e. The van der Waals surface area contributed by atoms with Gasteiger partial charge in [0.1, 0.15) is 0 Å². The van der Waals surface area contributed by atoms with Crippen molar-refractivity contribution < 1.29 is 13.9 Å². The number of amides is 1. The highest BCUT2D eigenvalue weighted by Crippen LogP contribution is 2.18. The molecule has 0 aliphatic carbocycles. The number of para-hydroxylation sites is 1. The molecule has 1 aromatic heterocycles. The number of rotatable bonds is 4. The number of halogens is 1. The summed E-state index contributed by atoms with van der Waals surface area (Å²) in [6.07, 6.45) is 0. The second kappa shape index (κ2) is 6.49. The minimum absolute atomic E-state index is 0.0761. The van der Waals surface area contributed by atoms with Gasteiger partial charge >= 0.3 is 0 Å². The van der Waals surface area contributed by atoms with Crippen LogP contribution in [0.5, 0.6) is 5.75 Å². The Morgan fingerprint density at radius 1 is 1.29 bits per heavy atom. The van der Waals surface area contributed by atoms with Gasteiger partial charge in [-0.2, -0.15) is 0 Å². The average Bonchev–Trinajstić information content (AvgIpc) is 2.60. The molecule has 0 fully saturated rings. The second-order valence-corrected chi connectivity index (χ2v) is 5.08. The summed E-state index contributed by atoms with van der Waals surface area (Å²) in [6, 6.07) is 11.0. The molecule has 0 saturated carbocycles. The number of H-pyrrole nitrogens is 1. The molecule has 0 spiro atoms. The Morgan fingerprint density at radius 3 is 2.88 bits per heavy atom. The van der Waals surface area contributed by atoms with E-state index in [1.807, 2.05) is 0 Å². The maximum atomic E-state index is 13.4. The zero-order valence-electron chi connectivity index (χ0n) is 12.8. The molecule has 0 radical (unpaired) electrons. The van der Waals surface area contributed by atoms with Gasteiger partial charge in [0.05, 0.1) is 18.0 Å². The Hall–Kier alpha value is -3.22. The molecule has 0 aliphatic rings. The van der Waals surface area contributed by atoms with Crippen molar-refractivity contribution in [1.82, 2.24) is 15.3 Å². The van der Waals surface area contributed by atoms with E-state index in [1.165, 1.54) is 25.3 Å². The standard InChI is InChI=1S/C17H14FN3O3/c1-24-14-8-10(6-7-12(14)18)9-19-17(23)15-20-13-5-3-2-4-11(13)16(22)21-15/h2-8H,9H2,1H3,(H,19,23)(H,20,21,22). The molecular formula is C17H14FN3O3. The fourth-order valence-corrected chi connectivity index (χ4v) is 2.27. The van der Waals surface area contributed by atoms with Gasteiger partial charge in [0.15, 0.2) is 17.4 Å². The van der Waals surface area contributed by atoms with Gasteiger partial charge in [-0.05, 0) is 29.8 Å². The molecule has 0 unspecified atom stereocenters. The molecule has 122 valence electrons. The van der Waals surface area contributed by atoms with Gasteiger partial charge in [-0.25, -0.2) is 9.37 Å². The monoisotopic (exact) mass is 327 g/mol. The van der Waals surface area contributed by atoms with E-state index in [4.69, 9.17) is 4.74 Å². The van der Waals surface area contributed by atoms with Crippen LogP contribution in [-0.2, 0) is 6.54 Å². The van der Waals surface area contributed by atoms with Crippen LogP contribution in [0.2, 0.25) is 0 Å². The molecule has 2 N–H and O–H groups in total. The highest BCUT2D eigenvalue weighted by molar-refractivity contribution is 5.92. The third-order valence-electron chi connectivity index (χ3n) is 3.50. The van der Waals surface area contributed by atoms with Crippen molar-refractivity contribution in [3.05, 3.63) is 70.0 Å².